The Balaban J connectivity index is 1.75. The quantitative estimate of drug-likeness (QED) is 0.857. The summed E-state index contributed by atoms with van der Waals surface area (Å²) in [4.78, 5) is 14.8. The molecule has 3 rings (SSSR count). The predicted molar refractivity (Wildman–Crippen MR) is 79.6 cm³/mol. The fourth-order valence-corrected chi connectivity index (χ4v) is 3.26. The Kier molecular flexibility index (Phi) is 4.49. The van der Waals surface area contributed by atoms with E-state index in [9.17, 15) is 4.79 Å². The molecule has 3 heterocycles. The summed E-state index contributed by atoms with van der Waals surface area (Å²) in [5.41, 5.74) is 1.30. The van der Waals surface area contributed by atoms with Crippen LogP contribution in [-0.4, -0.2) is 48.6 Å². The molecule has 2 saturated heterocycles. The van der Waals surface area contributed by atoms with Gasteiger partial charge in [0.25, 0.3) is 5.91 Å². The van der Waals surface area contributed by atoms with Crippen molar-refractivity contribution in [1.82, 2.24) is 10.1 Å². The molecule has 1 amide bonds. The van der Waals surface area contributed by atoms with Crippen LogP contribution in [0.4, 0.5) is 0 Å². The second-order valence-electron chi connectivity index (χ2n) is 6.43. The summed E-state index contributed by atoms with van der Waals surface area (Å²) in [6, 6.07) is 0. The van der Waals surface area contributed by atoms with Crippen LogP contribution in [0.1, 0.15) is 54.4 Å². The highest BCUT2D eigenvalue weighted by atomic mass is 16.7. The normalized spacial score (nSPS) is 23.5. The van der Waals surface area contributed by atoms with Crippen LogP contribution in [0.5, 0.6) is 0 Å². The van der Waals surface area contributed by atoms with Gasteiger partial charge in [-0.3, -0.25) is 4.79 Å². The van der Waals surface area contributed by atoms with Gasteiger partial charge >= 0.3 is 0 Å². The lowest BCUT2D eigenvalue weighted by Crippen LogP contribution is -2.44. The largest absolute Gasteiger partial charge is 0.360 e. The standard InChI is InChI=1S/C16H24N2O4/c1-10(2)14-13(11(3)17-22-14)15(19)18-6-4-5-12(9-18)16-20-7-8-21-16/h10,12,16H,4-9H2,1-3H3. The molecule has 6 heteroatoms. The van der Waals surface area contributed by atoms with E-state index in [2.05, 4.69) is 5.16 Å². The Morgan fingerprint density at radius 3 is 2.73 bits per heavy atom. The first-order valence-corrected chi connectivity index (χ1v) is 8.06. The Morgan fingerprint density at radius 1 is 1.32 bits per heavy atom. The molecule has 0 radical (unpaired) electrons. The minimum Gasteiger partial charge on any atom is -0.360 e. The topological polar surface area (TPSA) is 64.8 Å². The molecule has 2 aliphatic rings. The summed E-state index contributed by atoms with van der Waals surface area (Å²) in [5.74, 6) is 1.09. The van der Waals surface area contributed by atoms with Gasteiger partial charge in [-0.25, -0.2) is 0 Å². The third-order valence-electron chi connectivity index (χ3n) is 4.40. The van der Waals surface area contributed by atoms with Crippen molar-refractivity contribution >= 4 is 5.91 Å². The average Bonchev–Trinajstić information content (AvgIpc) is 3.16. The van der Waals surface area contributed by atoms with Crippen molar-refractivity contribution < 1.29 is 18.8 Å². The summed E-state index contributed by atoms with van der Waals surface area (Å²) in [7, 11) is 0. The number of ether oxygens (including phenoxy) is 2. The van der Waals surface area contributed by atoms with E-state index in [0.717, 1.165) is 19.4 Å². The number of aryl methyl sites for hydroxylation is 1. The first-order chi connectivity index (χ1) is 10.6. The zero-order chi connectivity index (χ0) is 15.7. The molecule has 0 bridgehead atoms. The van der Waals surface area contributed by atoms with Gasteiger partial charge in [0, 0.05) is 24.9 Å². The minimum atomic E-state index is -0.163. The molecule has 2 aliphatic heterocycles. The lowest BCUT2D eigenvalue weighted by atomic mass is 9.96. The zero-order valence-corrected chi connectivity index (χ0v) is 13.5. The van der Waals surface area contributed by atoms with Crippen molar-refractivity contribution in [3.05, 3.63) is 17.0 Å². The van der Waals surface area contributed by atoms with Crippen LogP contribution < -0.4 is 0 Å². The van der Waals surface area contributed by atoms with Gasteiger partial charge in [0.05, 0.1) is 18.9 Å². The van der Waals surface area contributed by atoms with Gasteiger partial charge in [0.1, 0.15) is 5.56 Å². The molecule has 1 aromatic rings. The van der Waals surface area contributed by atoms with Gasteiger partial charge in [-0.05, 0) is 19.8 Å². The SMILES string of the molecule is Cc1noc(C(C)C)c1C(=O)N1CCCC(C2OCCO2)C1. The Morgan fingerprint density at radius 2 is 2.05 bits per heavy atom. The second-order valence-corrected chi connectivity index (χ2v) is 6.43. The molecule has 1 unspecified atom stereocenters. The van der Waals surface area contributed by atoms with E-state index in [1.807, 2.05) is 25.7 Å². The molecular formula is C16H24N2O4. The van der Waals surface area contributed by atoms with Gasteiger partial charge in [0.15, 0.2) is 12.1 Å². The third kappa shape index (κ3) is 2.90. The first kappa shape index (κ1) is 15.5. The number of carbonyl (C=O) groups is 1. The summed E-state index contributed by atoms with van der Waals surface area (Å²) < 4.78 is 16.6. The summed E-state index contributed by atoms with van der Waals surface area (Å²) in [6.07, 6.45) is 1.85. The maximum atomic E-state index is 12.9. The minimum absolute atomic E-state index is 0.0187. The molecule has 1 atom stereocenters. The van der Waals surface area contributed by atoms with Crippen molar-refractivity contribution in [3.8, 4) is 0 Å². The van der Waals surface area contributed by atoms with Crippen LogP contribution in [-0.2, 0) is 9.47 Å². The molecule has 0 N–H and O–H groups in total. The smallest absolute Gasteiger partial charge is 0.259 e. The van der Waals surface area contributed by atoms with Crippen LogP contribution >= 0.6 is 0 Å². The van der Waals surface area contributed by atoms with E-state index in [1.165, 1.54) is 0 Å². The maximum Gasteiger partial charge on any atom is 0.259 e. The molecule has 22 heavy (non-hydrogen) atoms. The number of piperidine rings is 1. The van der Waals surface area contributed by atoms with E-state index >= 15 is 0 Å². The summed E-state index contributed by atoms with van der Waals surface area (Å²) >= 11 is 0. The number of hydrogen-bond donors (Lipinski definition) is 0. The van der Waals surface area contributed by atoms with Crippen LogP contribution in [0, 0.1) is 12.8 Å². The number of aromatic nitrogens is 1. The first-order valence-electron chi connectivity index (χ1n) is 8.06. The Labute approximate surface area is 130 Å². The molecular weight excluding hydrogens is 284 g/mol. The van der Waals surface area contributed by atoms with Gasteiger partial charge in [-0.15, -0.1) is 0 Å². The third-order valence-corrected chi connectivity index (χ3v) is 4.40. The van der Waals surface area contributed by atoms with Crippen LogP contribution in [0.25, 0.3) is 0 Å². The zero-order valence-electron chi connectivity index (χ0n) is 13.5. The van der Waals surface area contributed by atoms with E-state index in [1.54, 1.807) is 0 Å². The van der Waals surface area contributed by atoms with Gasteiger partial charge in [-0.2, -0.15) is 0 Å². The van der Waals surface area contributed by atoms with E-state index in [0.29, 0.717) is 36.8 Å². The lowest BCUT2D eigenvalue weighted by molar-refractivity contribution is -0.0969. The van der Waals surface area contributed by atoms with E-state index in [-0.39, 0.29) is 24.0 Å². The molecule has 0 aromatic carbocycles. The number of rotatable bonds is 3. The van der Waals surface area contributed by atoms with Crippen molar-refractivity contribution in [3.63, 3.8) is 0 Å². The average molecular weight is 308 g/mol. The molecule has 122 valence electrons. The lowest BCUT2D eigenvalue weighted by Gasteiger charge is -2.34. The molecule has 6 nitrogen and oxygen atoms in total. The van der Waals surface area contributed by atoms with Crippen molar-refractivity contribution in [2.45, 2.75) is 45.8 Å². The van der Waals surface area contributed by atoms with Crippen molar-refractivity contribution in [1.29, 1.82) is 0 Å². The number of nitrogens with zero attached hydrogens (tertiary/aromatic N) is 2. The predicted octanol–water partition coefficient (Wildman–Crippen LogP) is 2.33. The van der Waals surface area contributed by atoms with E-state index in [4.69, 9.17) is 14.0 Å². The van der Waals surface area contributed by atoms with Crippen molar-refractivity contribution in [2.75, 3.05) is 26.3 Å². The second kappa shape index (κ2) is 6.38. The highest BCUT2D eigenvalue weighted by Crippen LogP contribution is 2.28. The number of likely N-dealkylation sites (tertiary alicyclic amines) is 1. The number of carbonyl (C=O) groups excluding carboxylic acids is 1. The van der Waals surface area contributed by atoms with Gasteiger partial charge in [0.2, 0.25) is 0 Å². The molecule has 0 aliphatic carbocycles. The van der Waals surface area contributed by atoms with E-state index < -0.39 is 0 Å². The molecule has 0 spiro atoms. The summed E-state index contributed by atoms with van der Waals surface area (Å²) in [5, 5.41) is 3.98. The Bertz CT molecular complexity index is 534. The molecule has 2 fully saturated rings. The molecule has 1 aromatic heterocycles. The molecule has 0 saturated carbocycles. The monoisotopic (exact) mass is 308 g/mol. The fourth-order valence-electron chi connectivity index (χ4n) is 3.26. The highest BCUT2D eigenvalue weighted by molar-refractivity contribution is 5.96. The maximum absolute atomic E-state index is 12.9. The number of amides is 1. The summed E-state index contributed by atoms with van der Waals surface area (Å²) in [6.45, 7) is 8.59. The van der Waals surface area contributed by atoms with Gasteiger partial charge < -0.3 is 18.9 Å². The highest BCUT2D eigenvalue weighted by Gasteiger charge is 2.35. The van der Waals surface area contributed by atoms with Gasteiger partial charge in [-0.1, -0.05) is 19.0 Å². The van der Waals surface area contributed by atoms with Crippen LogP contribution in [0.15, 0.2) is 4.52 Å². The Hall–Kier alpha value is -1.40. The fraction of sp³-hybridized carbons (Fsp3) is 0.750. The van der Waals surface area contributed by atoms with Crippen molar-refractivity contribution in [2.24, 2.45) is 5.92 Å². The van der Waals surface area contributed by atoms with Crippen LogP contribution in [0.3, 0.4) is 0 Å². The van der Waals surface area contributed by atoms with Crippen LogP contribution in [0.2, 0.25) is 0 Å². The number of hydrogen-bond acceptors (Lipinski definition) is 5.